The molecule has 0 radical (unpaired) electrons. The Morgan fingerprint density at radius 2 is 2.29 bits per heavy atom. The fourth-order valence-corrected chi connectivity index (χ4v) is 3.58. The number of H-pyrrole nitrogens is 1. The van der Waals surface area contributed by atoms with Crippen LogP contribution in [0.4, 0.5) is 4.39 Å². The molecule has 1 aromatic heterocycles. The van der Waals surface area contributed by atoms with E-state index in [1.807, 2.05) is 6.20 Å². The summed E-state index contributed by atoms with van der Waals surface area (Å²) in [6, 6.07) is 4.42. The lowest BCUT2D eigenvalue weighted by molar-refractivity contribution is 0.254. The maximum Gasteiger partial charge on any atom is 0.196 e. The minimum absolute atomic E-state index is 0.315. The van der Waals surface area contributed by atoms with Gasteiger partial charge in [-0.3, -0.25) is 4.90 Å². The highest BCUT2D eigenvalue weighted by Crippen LogP contribution is 2.36. The van der Waals surface area contributed by atoms with Crippen LogP contribution in [0.15, 0.2) is 30.0 Å². The van der Waals surface area contributed by atoms with Crippen LogP contribution in [0.25, 0.3) is 5.03 Å². The highest BCUT2D eigenvalue weighted by Gasteiger charge is 2.23. The molecule has 124 valence electrons. The van der Waals surface area contributed by atoms with Gasteiger partial charge >= 0.3 is 0 Å². The molecule has 3 heterocycles. The Morgan fingerprint density at radius 3 is 3.17 bits per heavy atom. The van der Waals surface area contributed by atoms with Crippen molar-refractivity contribution in [2.24, 2.45) is 0 Å². The molecule has 0 aliphatic carbocycles. The van der Waals surface area contributed by atoms with Gasteiger partial charge in [-0.1, -0.05) is 11.6 Å². The van der Waals surface area contributed by atoms with Gasteiger partial charge in [0.05, 0.1) is 5.03 Å². The van der Waals surface area contributed by atoms with E-state index in [0.717, 1.165) is 36.3 Å². The average molecular weight is 364 g/mol. The second kappa shape index (κ2) is 6.27. The van der Waals surface area contributed by atoms with Crippen LogP contribution in [0.3, 0.4) is 0 Å². The van der Waals surface area contributed by atoms with E-state index in [9.17, 15) is 4.39 Å². The lowest BCUT2D eigenvalue weighted by atomic mass is 10.0. The lowest BCUT2D eigenvalue weighted by Gasteiger charge is -2.30. The molecule has 4 rings (SSSR count). The number of nitrogens with one attached hydrogen (secondary N) is 1. The molecule has 0 bridgehead atoms. The molecule has 2 aliphatic heterocycles. The number of fused-ring (bicyclic) bond motifs is 2. The van der Waals surface area contributed by atoms with E-state index in [4.69, 9.17) is 28.6 Å². The topological polar surface area (TPSA) is 41.2 Å². The molecule has 24 heavy (non-hydrogen) atoms. The first kappa shape index (κ1) is 15.7. The maximum atomic E-state index is 13.5. The number of nitrogens with zero attached hydrogens (tertiary/aromatic N) is 2. The highest BCUT2D eigenvalue weighted by molar-refractivity contribution is 7.71. The number of hydrogen-bond donors (Lipinski definition) is 1. The zero-order chi connectivity index (χ0) is 16.7. The quantitative estimate of drug-likeness (QED) is 0.826. The lowest BCUT2D eigenvalue weighted by Crippen LogP contribution is -2.34. The summed E-state index contributed by atoms with van der Waals surface area (Å²) in [6.45, 7) is 2.78. The monoisotopic (exact) mass is 363 g/mol. The van der Waals surface area contributed by atoms with Gasteiger partial charge in [-0.15, -0.1) is 0 Å². The van der Waals surface area contributed by atoms with Crippen LogP contribution in [0.1, 0.15) is 16.8 Å². The Balaban J connectivity index is 1.57. The third-order valence-electron chi connectivity index (χ3n) is 4.36. The van der Waals surface area contributed by atoms with E-state index in [2.05, 4.69) is 14.9 Å². The first-order valence-electron chi connectivity index (χ1n) is 7.70. The van der Waals surface area contributed by atoms with Gasteiger partial charge in [0, 0.05) is 54.6 Å². The number of rotatable bonds is 2. The summed E-state index contributed by atoms with van der Waals surface area (Å²) < 4.78 is 19.7. The van der Waals surface area contributed by atoms with Crippen molar-refractivity contribution < 1.29 is 9.13 Å². The summed E-state index contributed by atoms with van der Waals surface area (Å²) in [6.07, 6.45) is 2.72. The molecule has 0 unspecified atom stereocenters. The van der Waals surface area contributed by atoms with Crippen molar-refractivity contribution in [2.45, 2.75) is 13.0 Å². The van der Waals surface area contributed by atoms with Gasteiger partial charge in [-0.05, 0) is 30.4 Å². The second-order valence-corrected chi connectivity index (χ2v) is 6.76. The predicted octanol–water partition coefficient (Wildman–Crippen LogP) is 3.68. The van der Waals surface area contributed by atoms with E-state index in [1.165, 1.54) is 12.1 Å². The number of aromatic amines is 1. The molecule has 0 atom stereocenters. The second-order valence-electron chi connectivity index (χ2n) is 6.00. The van der Waals surface area contributed by atoms with Crippen LogP contribution in [0, 0.1) is 10.6 Å². The van der Waals surface area contributed by atoms with Crippen molar-refractivity contribution in [2.75, 3.05) is 19.7 Å². The number of aromatic nitrogens is 2. The number of halogens is 2. The van der Waals surface area contributed by atoms with Crippen LogP contribution in [0.2, 0.25) is 0 Å². The molecule has 1 N–H and O–H groups in total. The van der Waals surface area contributed by atoms with Gasteiger partial charge in [0.2, 0.25) is 0 Å². The van der Waals surface area contributed by atoms with E-state index < -0.39 is 0 Å². The molecule has 2 aliphatic rings. The molecule has 1 aromatic carbocycles. The van der Waals surface area contributed by atoms with Crippen molar-refractivity contribution >= 4 is 28.9 Å². The van der Waals surface area contributed by atoms with Crippen LogP contribution in [-0.2, 0) is 13.0 Å². The maximum absolute atomic E-state index is 13.5. The first-order chi connectivity index (χ1) is 11.6. The molecule has 2 aromatic rings. The van der Waals surface area contributed by atoms with Crippen LogP contribution in [-0.4, -0.2) is 34.6 Å². The Kier molecular flexibility index (Phi) is 4.12. The fourth-order valence-electron chi connectivity index (χ4n) is 3.14. The highest BCUT2D eigenvalue weighted by atomic mass is 35.5. The summed E-state index contributed by atoms with van der Waals surface area (Å²) in [5.41, 5.74) is 3.89. The summed E-state index contributed by atoms with van der Waals surface area (Å²) in [7, 11) is 0. The zero-order valence-corrected chi connectivity index (χ0v) is 14.4. The Hall–Kier alpha value is -1.76. The van der Waals surface area contributed by atoms with Gasteiger partial charge in [-0.25, -0.2) is 9.37 Å². The SMILES string of the molecule is Fc1ccc2c(c1)C(Cl)=C(CN1CCc3[nH]c(=S)ncc3C1)CO2. The first-order valence-corrected chi connectivity index (χ1v) is 8.48. The number of benzene rings is 1. The van der Waals surface area contributed by atoms with E-state index in [1.54, 1.807) is 6.07 Å². The third-order valence-corrected chi connectivity index (χ3v) is 5.04. The minimum atomic E-state index is -0.315. The number of ether oxygens (including phenoxy) is 1. The van der Waals surface area contributed by atoms with E-state index in [-0.39, 0.29) is 5.82 Å². The summed E-state index contributed by atoms with van der Waals surface area (Å²) in [5.74, 6) is 0.316. The summed E-state index contributed by atoms with van der Waals surface area (Å²) in [4.78, 5) is 9.59. The molecule has 0 spiro atoms. The van der Waals surface area contributed by atoms with Gasteiger partial charge < -0.3 is 9.72 Å². The summed E-state index contributed by atoms with van der Waals surface area (Å²) in [5, 5.41) is 0.590. The van der Waals surface area contributed by atoms with Crippen molar-refractivity contribution in [1.82, 2.24) is 14.9 Å². The van der Waals surface area contributed by atoms with Gasteiger partial charge in [0.1, 0.15) is 18.2 Å². The molecule has 0 saturated heterocycles. The largest absolute Gasteiger partial charge is 0.488 e. The van der Waals surface area contributed by atoms with Crippen LogP contribution < -0.4 is 4.74 Å². The third kappa shape index (κ3) is 2.97. The molecule has 0 fully saturated rings. The normalized spacial score (nSPS) is 17.2. The fraction of sp³-hybridized carbons (Fsp3) is 0.294. The standard InChI is InChI=1S/C17H15ClFN3OS/c18-16-11(9-23-15-2-1-12(19)5-13(15)16)8-22-4-3-14-10(7-22)6-20-17(24)21-14/h1-2,5-6H,3-4,7-9H2,(H,20,21,24). The predicted molar refractivity (Wildman–Crippen MR) is 93.1 cm³/mol. The minimum Gasteiger partial charge on any atom is -0.488 e. The van der Waals surface area contributed by atoms with Gasteiger partial charge in [0.15, 0.2) is 4.77 Å². The van der Waals surface area contributed by atoms with Gasteiger partial charge in [-0.2, -0.15) is 0 Å². The van der Waals surface area contributed by atoms with Crippen LogP contribution >= 0.6 is 23.8 Å². The molecule has 0 amide bonds. The summed E-state index contributed by atoms with van der Waals surface area (Å²) >= 11 is 11.6. The smallest absolute Gasteiger partial charge is 0.196 e. The Labute approximate surface area is 148 Å². The average Bonchev–Trinajstić information content (AvgIpc) is 2.58. The molecule has 0 saturated carbocycles. The van der Waals surface area contributed by atoms with Crippen molar-refractivity contribution in [1.29, 1.82) is 0 Å². The number of hydrogen-bond acceptors (Lipinski definition) is 4. The Bertz CT molecular complexity index is 896. The zero-order valence-electron chi connectivity index (χ0n) is 12.8. The van der Waals surface area contributed by atoms with Crippen molar-refractivity contribution in [3.63, 3.8) is 0 Å². The van der Waals surface area contributed by atoms with Crippen molar-refractivity contribution in [3.05, 3.63) is 57.4 Å². The molecular weight excluding hydrogens is 349 g/mol. The molecule has 7 heteroatoms. The van der Waals surface area contributed by atoms with Crippen molar-refractivity contribution in [3.8, 4) is 5.75 Å². The Morgan fingerprint density at radius 1 is 1.42 bits per heavy atom. The van der Waals surface area contributed by atoms with E-state index in [0.29, 0.717) is 34.3 Å². The van der Waals surface area contributed by atoms with Gasteiger partial charge in [0.25, 0.3) is 0 Å². The molecular formula is C17H15ClFN3OS. The molecule has 4 nitrogen and oxygen atoms in total. The van der Waals surface area contributed by atoms with E-state index >= 15 is 0 Å². The van der Waals surface area contributed by atoms with Crippen LogP contribution in [0.5, 0.6) is 5.75 Å².